The van der Waals surface area contributed by atoms with Gasteiger partial charge in [-0.15, -0.1) is 0 Å². The van der Waals surface area contributed by atoms with Crippen LogP contribution in [0.15, 0.2) is 48.5 Å². The predicted octanol–water partition coefficient (Wildman–Crippen LogP) is 4.48. The third-order valence-electron chi connectivity index (χ3n) is 3.44. The van der Waals surface area contributed by atoms with Gasteiger partial charge in [0.05, 0.1) is 5.56 Å². The highest BCUT2D eigenvalue weighted by molar-refractivity contribution is 6.31. The van der Waals surface area contributed by atoms with Gasteiger partial charge in [-0.1, -0.05) is 35.9 Å². The molecule has 0 saturated heterocycles. The summed E-state index contributed by atoms with van der Waals surface area (Å²) in [4.78, 5) is 12.1. The zero-order valence-corrected chi connectivity index (χ0v) is 13.5. The minimum absolute atomic E-state index is 0.0705. The Balaban J connectivity index is 2.08. The fourth-order valence-electron chi connectivity index (χ4n) is 2.18. The Bertz CT molecular complexity index is 719. The maximum atomic E-state index is 12.7. The molecule has 1 N–H and O–H groups in total. The third kappa shape index (κ3) is 4.49. The Hall–Kier alpha value is -2.05. The molecule has 0 aliphatic carbocycles. The second-order valence-electron chi connectivity index (χ2n) is 5.03. The lowest BCUT2D eigenvalue weighted by Crippen LogP contribution is -2.29. The van der Waals surface area contributed by atoms with E-state index < -0.39 is 23.8 Å². The molecule has 0 radical (unpaired) electrons. The summed E-state index contributed by atoms with van der Waals surface area (Å²) in [5.74, 6) is -0.616. The van der Waals surface area contributed by atoms with Gasteiger partial charge in [-0.05, 0) is 24.3 Å². The zero-order chi connectivity index (χ0) is 17.7. The topological polar surface area (TPSA) is 38.3 Å². The summed E-state index contributed by atoms with van der Waals surface area (Å²) < 4.78 is 43.4. The van der Waals surface area contributed by atoms with Crippen LogP contribution in [-0.2, 0) is 10.9 Å². The molecule has 3 nitrogen and oxygen atoms in total. The first-order valence-electron chi connectivity index (χ1n) is 7.05. The van der Waals surface area contributed by atoms with Crippen LogP contribution >= 0.6 is 11.6 Å². The van der Waals surface area contributed by atoms with E-state index in [1.807, 2.05) is 0 Å². The maximum Gasteiger partial charge on any atom is 0.416 e. The maximum absolute atomic E-state index is 12.7. The number of ether oxygens (including phenoxy) is 1. The van der Waals surface area contributed by atoms with E-state index in [4.69, 9.17) is 16.3 Å². The lowest BCUT2D eigenvalue weighted by molar-refractivity contribution is -0.137. The molecule has 1 amide bonds. The molecule has 0 bridgehead atoms. The van der Waals surface area contributed by atoms with Gasteiger partial charge in [-0.25, -0.2) is 0 Å². The molecule has 0 saturated carbocycles. The average molecular weight is 358 g/mol. The quantitative estimate of drug-likeness (QED) is 0.857. The molecule has 0 fully saturated rings. The molecule has 128 valence electrons. The molecule has 2 aromatic rings. The van der Waals surface area contributed by atoms with Crippen LogP contribution in [0, 0.1) is 0 Å². The van der Waals surface area contributed by atoms with E-state index in [1.165, 1.54) is 19.2 Å². The van der Waals surface area contributed by atoms with E-state index in [-0.39, 0.29) is 12.1 Å². The van der Waals surface area contributed by atoms with E-state index in [9.17, 15) is 18.0 Å². The van der Waals surface area contributed by atoms with E-state index in [1.54, 1.807) is 24.3 Å². The molecule has 24 heavy (non-hydrogen) atoms. The van der Waals surface area contributed by atoms with Gasteiger partial charge in [-0.3, -0.25) is 4.79 Å². The van der Waals surface area contributed by atoms with Crippen LogP contribution in [0.1, 0.15) is 27.6 Å². The van der Waals surface area contributed by atoms with Gasteiger partial charge in [-0.2, -0.15) is 13.2 Å². The van der Waals surface area contributed by atoms with Crippen molar-refractivity contribution in [2.24, 2.45) is 0 Å². The monoisotopic (exact) mass is 357 g/mol. The van der Waals surface area contributed by atoms with E-state index in [2.05, 4.69) is 5.32 Å². The Morgan fingerprint density at radius 2 is 1.92 bits per heavy atom. The summed E-state index contributed by atoms with van der Waals surface area (Å²) in [5.41, 5.74) is -0.255. The van der Waals surface area contributed by atoms with E-state index in [0.29, 0.717) is 10.6 Å². The van der Waals surface area contributed by atoms with Crippen LogP contribution in [0.4, 0.5) is 13.2 Å². The number of rotatable bonds is 5. The van der Waals surface area contributed by atoms with Crippen LogP contribution in [0.3, 0.4) is 0 Å². The summed E-state index contributed by atoms with van der Waals surface area (Å²) in [6, 6.07) is 11.2. The highest BCUT2D eigenvalue weighted by atomic mass is 35.5. The molecule has 1 unspecified atom stereocenters. The number of benzene rings is 2. The standard InChI is InChI=1S/C17H15ClF3NO2/c1-24-15(13-7-2-3-8-14(13)18)10-22-16(23)11-5-4-6-12(9-11)17(19,20)21/h2-9,15H,10H2,1H3,(H,22,23). The predicted molar refractivity (Wildman–Crippen MR) is 85.0 cm³/mol. The van der Waals surface area contributed by atoms with Gasteiger partial charge < -0.3 is 10.1 Å². The van der Waals surface area contributed by atoms with Gasteiger partial charge in [0, 0.05) is 29.8 Å². The van der Waals surface area contributed by atoms with Crippen molar-refractivity contribution < 1.29 is 22.7 Å². The number of carbonyl (C=O) groups is 1. The van der Waals surface area contributed by atoms with Crippen LogP contribution in [0.25, 0.3) is 0 Å². The first-order valence-corrected chi connectivity index (χ1v) is 7.43. The van der Waals surface area contributed by atoms with Gasteiger partial charge in [0.1, 0.15) is 6.10 Å². The lowest BCUT2D eigenvalue weighted by Gasteiger charge is -2.18. The van der Waals surface area contributed by atoms with Crippen LogP contribution in [0.5, 0.6) is 0 Å². The van der Waals surface area contributed by atoms with Crippen molar-refractivity contribution in [2.75, 3.05) is 13.7 Å². The summed E-state index contributed by atoms with van der Waals surface area (Å²) in [6.45, 7) is 0.0787. The van der Waals surface area contributed by atoms with E-state index in [0.717, 1.165) is 12.1 Å². The van der Waals surface area contributed by atoms with Crippen molar-refractivity contribution in [3.05, 3.63) is 70.2 Å². The number of carbonyl (C=O) groups excluding carboxylic acids is 1. The molecule has 0 heterocycles. The van der Waals surface area contributed by atoms with Gasteiger partial charge in [0.2, 0.25) is 0 Å². The molecule has 0 spiro atoms. The fourth-order valence-corrected chi connectivity index (χ4v) is 2.44. The molecule has 1 atom stereocenters. The van der Waals surface area contributed by atoms with Crippen LogP contribution < -0.4 is 5.32 Å². The largest absolute Gasteiger partial charge is 0.416 e. The van der Waals surface area contributed by atoms with Crippen molar-refractivity contribution in [2.45, 2.75) is 12.3 Å². The Labute approximate surface area is 142 Å². The highest BCUT2D eigenvalue weighted by Crippen LogP contribution is 2.29. The van der Waals surface area contributed by atoms with Crippen molar-refractivity contribution in [1.29, 1.82) is 0 Å². The van der Waals surface area contributed by atoms with Crippen molar-refractivity contribution >= 4 is 17.5 Å². The summed E-state index contributed by atoms with van der Waals surface area (Å²) >= 11 is 6.08. The van der Waals surface area contributed by atoms with Crippen molar-refractivity contribution in [1.82, 2.24) is 5.32 Å². The Morgan fingerprint density at radius 3 is 2.54 bits per heavy atom. The number of amides is 1. The van der Waals surface area contributed by atoms with Crippen LogP contribution in [0.2, 0.25) is 5.02 Å². The summed E-state index contributed by atoms with van der Waals surface area (Å²) in [6.07, 6.45) is -5.00. The number of nitrogens with one attached hydrogen (secondary N) is 1. The molecular weight excluding hydrogens is 343 g/mol. The fraction of sp³-hybridized carbons (Fsp3) is 0.235. The zero-order valence-electron chi connectivity index (χ0n) is 12.7. The molecule has 0 aliphatic rings. The number of methoxy groups -OCH3 is 1. The van der Waals surface area contributed by atoms with Crippen molar-refractivity contribution in [3.63, 3.8) is 0 Å². The van der Waals surface area contributed by atoms with Crippen molar-refractivity contribution in [3.8, 4) is 0 Å². The SMILES string of the molecule is COC(CNC(=O)c1cccc(C(F)(F)F)c1)c1ccccc1Cl. The third-order valence-corrected chi connectivity index (χ3v) is 3.78. The molecule has 0 aliphatic heterocycles. The molecule has 2 rings (SSSR count). The smallest absolute Gasteiger partial charge is 0.375 e. The Morgan fingerprint density at radius 1 is 1.21 bits per heavy atom. The number of hydrogen-bond acceptors (Lipinski definition) is 2. The number of hydrogen-bond donors (Lipinski definition) is 1. The molecule has 7 heteroatoms. The normalized spacial score (nSPS) is 12.7. The van der Waals surface area contributed by atoms with Gasteiger partial charge in [0.25, 0.3) is 5.91 Å². The minimum Gasteiger partial charge on any atom is -0.375 e. The number of halogens is 4. The highest BCUT2D eigenvalue weighted by Gasteiger charge is 2.30. The minimum atomic E-state index is -4.50. The van der Waals surface area contributed by atoms with Crippen LogP contribution in [-0.4, -0.2) is 19.6 Å². The summed E-state index contributed by atoms with van der Waals surface area (Å²) in [5, 5.41) is 3.05. The Kier molecular flexibility index (Phi) is 5.85. The molecule has 2 aromatic carbocycles. The second-order valence-corrected chi connectivity index (χ2v) is 5.44. The molecular formula is C17H15ClF3NO2. The van der Waals surface area contributed by atoms with Gasteiger partial charge in [0.15, 0.2) is 0 Å². The number of alkyl halides is 3. The van der Waals surface area contributed by atoms with Gasteiger partial charge >= 0.3 is 6.18 Å². The first-order chi connectivity index (χ1) is 11.3. The molecule has 0 aromatic heterocycles. The average Bonchev–Trinajstić information content (AvgIpc) is 2.56. The first kappa shape index (κ1) is 18.3. The summed E-state index contributed by atoms with van der Waals surface area (Å²) in [7, 11) is 1.46. The van der Waals surface area contributed by atoms with E-state index >= 15 is 0 Å². The lowest BCUT2D eigenvalue weighted by atomic mass is 10.1. The second kappa shape index (κ2) is 7.68.